The molecule has 0 saturated carbocycles. The normalized spacial score (nSPS) is 10.9. The largest absolute Gasteiger partial charge is 0.450 e. The Morgan fingerprint density at radius 3 is 2.57 bits per heavy atom. The van der Waals surface area contributed by atoms with E-state index in [0.29, 0.717) is 11.1 Å². The van der Waals surface area contributed by atoms with Crippen molar-refractivity contribution in [3.63, 3.8) is 0 Å². The lowest BCUT2D eigenvalue weighted by Crippen LogP contribution is -2.44. The van der Waals surface area contributed by atoms with Crippen LogP contribution in [0.2, 0.25) is 0 Å². The Balaban J connectivity index is 1.53. The van der Waals surface area contributed by atoms with E-state index in [0.717, 1.165) is 16.2 Å². The molecule has 0 aliphatic rings. The third-order valence-corrected chi connectivity index (χ3v) is 4.56. The fraction of sp³-hybridized carbons (Fsp3) is 0.0952. The van der Waals surface area contributed by atoms with Gasteiger partial charge in [-0.3, -0.25) is 25.2 Å². The number of furan rings is 1. The van der Waals surface area contributed by atoms with Crippen molar-refractivity contribution in [1.29, 1.82) is 0 Å². The highest BCUT2D eigenvalue weighted by Gasteiger charge is 2.19. The van der Waals surface area contributed by atoms with Crippen LogP contribution in [-0.4, -0.2) is 16.4 Å². The van der Waals surface area contributed by atoms with E-state index in [9.17, 15) is 14.4 Å². The highest BCUT2D eigenvalue weighted by Crippen LogP contribution is 2.31. The van der Waals surface area contributed by atoms with Crippen LogP contribution in [0.5, 0.6) is 0 Å². The van der Waals surface area contributed by atoms with Gasteiger partial charge in [-0.1, -0.05) is 42.5 Å². The van der Waals surface area contributed by atoms with Gasteiger partial charge in [-0.25, -0.2) is 0 Å². The second kappa shape index (κ2) is 7.03. The van der Waals surface area contributed by atoms with Crippen LogP contribution in [-0.2, 0) is 11.3 Å². The predicted octanol–water partition coefficient (Wildman–Crippen LogP) is 2.52. The van der Waals surface area contributed by atoms with Crippen LogP contribution in [0, 0.1) is 6.92 Å². The summed E-state index contributed by atoms with van der Waals surface area (Å²) >= 11 is 0. The first-order valence-electron chi connectivity index (χ1n) is 8.70. The Morgan fingerprint density at radius 2 is 1.75 bits per heavy atom. The molecule has 0 atom stereocenters. The highest BCUT2D eigenvalue weighted by atomic mass is 16.3. The number of hydrogen-bond acceptors (Lipinski definition) is 4. The van der Waals surface area contributed by atoms with Crippen LogP contribution < -0.4 is 16.4 Å². The molecule has 0 spiro atoms. The van der Waals surface area contributed by atoms with Crippen molar-refractivity contribution < 1.29 is 14.0 Å². The number of benzene rings is 2. The van der Waals surface area contributed by atoms with Gasteiger partial charge in [0.15, 0.2) is 5.76 Å². The van der Waals surface area contributed by atoms with Crippen molar-refractivity contribution in [3.05, 3.63) is 82.5 Å². The number of amides is 2. The van der Waals surface area contributed by atoms with Crippen molar-refractivity contribution >= 4 is 33.6 Å². The van der Waals surface area contributed by atoms with Crippen LogP contribution in [0.4, 0.5) is 0 Å². The lowest BCUT2D eigenvalue weighted by Gasteiger charge is -2.07. The molecule has 4 rings (SSSR count). The number of fused-ring (bicyclic) bond motifs is 3. The van der Waals surface area contributed by atoms with Gasteiger partial charge in [-0.15, -0.1) is 0 Å². The summed E-state index contributed by atoms with van der Waals surface area (Å²) in [7, 11) is 0. The maximum atomic E-state index is 12.5. The zero-order chi connectivity index (χ0) is 19.7. The first kappa shape index (κ1) is 17.5. The Bertz CT molecular complexity index is 1270. The van der Waals surface area contributed by atoms with E-state index in [1.165, 1.54) is 16.8 Å². The van der Waals surface area contributed by atoms with E-state index in [2.05, 4.69) is 10.9 Å². The van der Waals surface area contributed by atoms with Gasteiger partial charge in [0.1, 0.15) is 12.1 Å². The first-order chi connectivity index (χ1) is 13.5. The SMILES string of the molecule is Cc1c(C(=O)NNC(=O)Cn2ccccc2=O)oc2c1ccc1ccccc12. The molecular formula is C21H17N3O4. The minimum atomic E-state index is -0.563. The number of hydrogen-bond donors (Lipinski definition) is 2. The maximum Gasteiger partial charge on any atom is 0.305 e. The molecule has 0 aliphatic carbocycles. The van der Waals surface area contributed by atoms with Crippen molar-refractivity contribution in [3.8, 4) is 0 Å². The van der Waals surface area contributed by atoms with Crippen LogP contribution in [0.1, 0.15) is 16.1 Å². The summed E-state index contributed by atoms with van der Waals surface area (Å²) in [6.45, 7) is 1.59. The topological polar surface area (TPSA) is 93.3 Å². The number of aryl methyl sites for hydroxylation is 1. The Morgan fingerprint density at radius 1 is 0.964 bits per heavy atom. The molecular weight excluding hydrogens is 358 g/mol. The summed E-state index contributed by atoms with van der Waals surface area (Å²) in [5, 5.41) is 2.76. The summed E-state index contributed by atoms with van der Waals surface area (Å²) in [5.41, 5.74) is 5.66. The average Bonchev–Trinajstić information content (AvgIpc) is 3.05. The molecule has 140 valence electrons. The van der Waals surface area contributed by atoms with E-state index in [4.69, 9.17) is 4.42 Å². The van der Waals surface area contributed by atoms with Crippen molar-refractivity contribution in [2.24, 2.45) is 0 Å². The molecule has 0 unspecified atom stereocenters. The lowest BCUT2D eigenvalue weighted by molar-refractivity contribution is -0.122. The molecule has 0 aliphatic heterocycles. The fourth-order valence-electron chi connectivity index (χ4n) is 3.13. The van der Waals surface area contributed by atoms with Gasteiger partial charge >= 0.3 is 5.91 Å². The third kappa shape index (κ3) is 3.14. The molecule has 2 aromatic heterocycles. The van der Waals surface area contributed by atoms with Crippen molar-refractivity contribution in [1.82, 2.24) is 15.4 Å². The third-order valence-electron chi connectivity index (χ3n) is 4.56. The number of hydrazine groups is 1. The monoisotopic (exact) mass is 375 g/mol. The molecule has 2 N–H and O–H groups in total. The summed E-state index contributed by atoms with van der Waals surface area (Å²) in [5.74, 6) is -0.962. The van der Waals surface area contributed by atoms with Crippen LogP contribution >= 0.6 is 0 Å². The van der Waals surface area contributed by atoms with E-state index in [1.807, 2.05) is 36.4 Å². The highest BCUT2D eigenvalue weighted by molar-refractivity contribution is 6.09. The van der Waals surface area contributed by atoms with E-state index >= 15 is 0 Å². The van der Waals surface area contributed by atoms with Gasteiger partial charge in [0, 0.05) is 28.6 Å². The van der Waals surface area contributed by atoms with Gasteiger partial charge < -0.3 is 8.98 Å². The molecule has 0 saturated heterocycles. The number of carbonyl (C=O) groups is 2. The van der Waals surface area contributed by atoms with E-state index in [1.54, 1.807) is 19.1 Å². The Hall–Kier alpha value is -3.87. The number of carbonyl (C=O) groups excluding carboxylic acids is 2. The molecule has 2 aromatic carbocycles. The summed E-state index contributed by atoms with van der Waals surface area (Å²) in [6, 6.07) is 16.2. The average molecular weight is 375 g/mol. The van der Waals surface area contributed by atoms with Crippen LogP contribution in [0.3, 0.4) is 0 Å². The van der Waals surface area contributed by atoms with Crippen LogP contribution in [0.15, 0.2) is 70.0 Å². The molecule has 7 nitrogen and oxygen atoms in total. The predicted molar refractivity (Wildman–Crippen MR) is 105 cm³/mol. The molecule has 4 aromatic rings. The fourth-order valence-corrected chi connectivity index (χ4v) is 3.13. The zero-order valence-electron chi connectivity index (χ0n) is 15.1. The minimum absolute atomic E-state index is 0.128. The zero-order valence-corrected chi connectivity index (χ0v) is 15.1. The van der Waals surface area contributed by atoms with Crippen molar-refractivity contribution in [2.75, 3.05) is 0 Å². The number of rotatable bonds is 3. The van der Waals surface area contributed by atoms with Crippen LogP contribution in [0.25, 0.3) is 21.7 Å². The maximum absolute atomic E-state index is 12.5. The second-order valence-corrected chi connectivity index (χ2v) is 6.39. The summed E-state index contributed by atoms with van der Waals surface area (Å²) < 4.78 is 7.06. The van der Waals surface area contributed by atoms with Gasteiger partial charge in [0.2, 0.25) is 0 Å². The Labute approximate surface area is 159 Å². The molecule has 0 bridgehead atoms. The first-order valence-corrected chi connectivity index (χ1v) is 8.70. The lowest BCUT2D eigenvalue weighted by atomic mass is 10.1. The molecule has 2 amide bonds. The quantitative estimate of drug-likeness (QED) is 0.538. The number of nitrogens with zero attached hydrogens (tertiary/aromatic N) is 1. The summed E-state index contributed by atoms with van der Waals surface area (Å²) in [6.07, 6.45) is 1.50. The molecule has 28 heavy (non-hydrogen) atoms. The number of nitrogens with one attached hydrogen (secondary N) is 2. The minimum Gasteiger partial charge on any atom is -0.450 e. The molecule has 2 heterocycles. The van der Waals surface area contributed by atoms with E-state index in [-0.39, 0.29) is 17.9 Å². The smallest absolute Gasteiger partial charge is 0.305 e. The van der Waals surface area contributed by atoms with E-state index < -0.39 is 11.8 Å². The number of aromatic nitrogens is 1. The van der Waals surface area contributed by atoms with Gasteiger partial charge in [0.25, 0.3) is 11.5 Å². The van der Waals surface area contributed by atoms with Gasteiger partial charge in [-0.05, 0) is 18.4 Å². The van der Waals surface area contributed by atoms with Gasteiger partial charge in [-0.2, -0.15) is 0 Å². The summed E-state index contributed by atoms with van der Waals surface area (Å²) in [4.78, 5) is 36.2. The molecule has 7 heteroatoms. The Kier molecular flexibility index (Phi) is 4.41. The molecule has 0 radical (unpaired) electrons. The molecule has 0 fully saturated rings. The van der Waals surface area contributed by atoms with Crippen molar-refractivity contribution in [2.45, 2.75) is 13.5 Å². The second-order valence-electron chi connectivity index (χ2n) is 6.39. The van der Waals surface area contributed by atoms with Gasteiger partial charge in [0.05, 0.1) is 0 Å². The standard InChI is InChI=1S/C21H17N3O4/c1-13-15-10-9-14-6-2-3-7-16(14)20(15)28-19(13)21(27)23-22-17(25)12-24-11-5-4-8-18(24)26/h2-11H,12H2,1H3,(H,22,25)(H,23,27). The number of pyridine rings is 1.